The number of anilines is 1. The number of hydrogen-bond acceptors (Lipinski definition) is 2. The second-order valence-corrected chi connectivity index (χ2v) is 3.50. The minimum Gasteiger partial charge on any atom is -0.299 e. The highest BCUT2D eigenvalue weighted by Gasteiger charge is 1.90. The molecule has 2 aromatic rings. The fourth-order valence-electron chi connectivity index (χ4n) is 1.30. The van der Waals surface area contributed by atoms with E-state index in [-0.39, 0.29) is 0 Å². The molecule has 0 unspecified atom stereocenters. The minimum absolute atomic E-state index is 0.861. The van der Waals surface area contributed by atoms with Crippen LogP contribution in [0.5, 0.6) is 0 Å². The lowest BCUT2D eigenvalue weighted by Gasteiger charge is -1.97. The normalized spacial score (nSPS) is 10.6. The van der Waals surface area contributed by atoms with Crippen molar-refractivity contribution in [2.45, 2.75) is 0 Å². The SMILES string of the molecule is ClNc1ccc(N=Cc2ccccc2)cc1. The first-order valence-corrected chi connectivity index (χ1v) is 5.32. The van der Waals surface area contributed by atoms with Crippen LogP contribution in [0, 0.1) is 0 Å². The molecule has 0 saturated carbocycles. The van der Waals surface area contributed by atoms with E-state index in [2.05, 4.69) is 9.83 Å². The van der Waals surface area contributed by atoms with E-state index >= 15 is 0 Å². The van der Waals surface area contributed by atoms with Crippen LogP contribution in [-0.4, -0.2) is 6.21 Å². The van der Waals surface area contributed by atoms with Crippen LogP contribution < -0.4 is 4.84 Å². The van der Waals surface area contributed by atoms with Crippen molar-refractivity contribution in [2.75, 3.05) is 4.84 Å². The quantitative estimate of drug-likeness (QED) is 0.626. The number of aliphatic imine (C=N–C) groups is 1. The molecular weight excluding hydrogens is 220 g/mol. The van der Waals surface area contributed by atoms with Gasteiger partial charge in [-0.1, -0.05) is 30.3 Å². The molecule has 0 heterocycles. The molecule has 0 fully saturated rings. The van der Waals surface area contributed by atoms with Gasteiger partial charge in [0.1, 0.15) is 0 Å². The Kier molecular flexibility index (Phi) is 3.57. The molecule has 0 aliphatic heterocycles. The summed E-state index contributed by atoms with van der Waals surface area (Å²) in [4.78, 5) is 6.90. The zero-order valence-corrected chi connectivity index (χ0v) is 9.35. The van der Waals surface area contributed by atoms with Crippen LogP contribution in [0.1, 0.15) is 5.56 Å². The molecule has 0 aliphatic carbocycles. The van der Waals surface area contributed by atoms with E-state index in [0.29, 0.717) is 0 Å². The summed E-state index contributed by atoms with van der Waals surface area (Å²) in [6.07, 6.45) is 1.84. The molecule has 80 valence electrons. The lowest BCUT2D eigenvalue weighted by Crippen LogP contribution is -1.79. The summed E-state index contributed by atoms with van der Waals surface area (Å²) >= 11 is 5.46. The molecule has 2 aromatic carbocycles. The molecule has 0 aliphatic rings. The molecule has 0 amide bonds. The Bertz CT molecular complexity index is 463. The number of rotatable bonds is 3. The molecular formula is C13H11ClN2. The summed E-state index contributed by atoms with van der Waals surface area (Å²) in [5.74, 6) is 0. The van der Waals surface area contributed by atoms with Gasteiger partial charge in [0.2, 0.25) is 0 Å². The molecule has 0 atom stereocenters. The topological polar surface area (TPSA) is 24.4 Å². The van der Waals surface area contributed by atoms with Crippen LogP contribution >= 0.6 is 11.8 Å². The Balaban J connectivity index is 2.12. The molecule has 16 heavy (non-hydrogen) atoms. The van der Waals surface area contributed by atoms with E-state index in [9.17, 15) is 0 Å². The van der Waals surface area contributed by atoms with Gasteiger partial charge in [-0.2, -0.15) is 0 Å². The van der Waals surface area contributed by atoms with Gasteiger partial charge in [0.25, 0.3) is 0 Å². The van der Waals surface area contributed by atoms with Gasteiger partial charge in [-0.05, 0) is 29.8 Å². The number of benzene rings is 2. The van der Waals surface area contributed by atoms with E-state index in [1.807, 2.05) is 60.8 Å². The van der Waals surface area contributed by atoms with E-state index in [0.717, 1.165) is 16.9 Å². The van der Waals surface area contributed by atoms with Crippen molar-refractivity contribution in [3.63, 3.8) is 0 Å². The van der Waals surface area contributed by atoms with Crippen molar-refractivity contribution in [2.24, 2.45) is 4.99 Å². The summed E-state index contributed by atoms with van der Waals surface area (Å²) in [6.45, 7) is 0. The first-order chi connectivity index (χ1) is 7.88. The fraction of sp³-hybridized carbons (Fsp3) is 0. The predicted octanol–water partition coefficient (Wildman–Crippen LogP) is 4.00. The molecule has 0 spiro atoms. The van der Waals surface area contributed by atoms with Crippen molar-refractivity contribution in [3.05, 3.63) is 60.2 Å². The second kappa shape index (κ2) is 5.33. The standard InChI is InChI=1S/C13H11ClN2/c14-16-13-8-6-12(7-9-13)15-10-11-4-2-1-3-5-11/h1-10,16H. The molecule has 1 N–H and O–H groups in total. The van der Waals surface area contributed by atoms with Crippen LogP contribution in [0.15, 0.2) is 59.6 Å². The van der Waals surface area contributed by atoms with Gasteiger partial charge < -0.3 is 0 Å². The van der Waals surface area contributed by atoms with Crippen LogP contribution in [0.3, 0.4) is 0 Å². The number of nitrogens with zero attached hydrogens (tertiary/aromatic N) is 1. The lowest BCUT2D eigenvalue weighted by molar-refractivity contribution is 1.52. The second-order valence-electron chi connectivity index (χ2n) is 3.31. The van der Waals surface area contributed by atoms with Crippen LogP contribution in [0.25, 0.3) is 0 Å². The van der Waals surface area contributed by atoms with Gasteiger partial charge in [0, 0.05) is 23.7 Å². The zero-order chi connectivity index (χ0) is 11.2. The Hall–Kier alpha value is -1.80. The van der Waals surface area contributed by atoms with E-state index in [1.165, 1.54) is 0 Å². The fourth-order valence-corrected chi connectivity index (χ4v) is 1.42. The average molecular weight is 231 g/mol. The summed E-state index contributed by atoms with van der Waals surface area (Å²) in [7, 11) is 0. The van der Waals surface area contributed by atoms with Crippen molar-refractivity contribution in [1.82, 2.24) is 0 Å². The van der Waals surface area contributed by atoms with Crippen molar-refractivity contribution in [3.8, 4) is 0 Å². The minimum atomic E-state index is 0.861. The van der Waals surface area contributed by atoms with Crippen molar-refractivity contribution in [1.29, 1.82) is 0 Å². The zero-order valence-electron chi connectivity index (χ0n) is 8.60. The Morgan fingerprint density at radius 3 is 2.25 bits per heavy atom. The van der Waals surface area contributed by atoms with Crippen molar-refractivity contribution < 1.29 is 0 Å². The Morgan fingerprint density at radius 2 is 1.62 bits per heavy atom. The largest absolute Gasteiger partial charge is 0.299 e. The first kappa shape index (κ1) is 10.7. The number of hydrogen-bond donors (Lipinski definition) is 1. The summed E-state index contributed by atoms with van der Waals surface area (Å²) in [5.41, 5.74) is 2.85. The monoisotopic (exact) mass is 230 g/mol. The van der Waals surface area contributed by atoms with Gasteiger partial charge in [-0.15, -0.1) is 0 Å². The number of halogens is 1. The van der Waals surface area contributed by atoms with Gasteiger partial charge >= 0.3 is 0 Å². The van der Waals surface area contributed by atoms with Gasteiger partial charge in [0.05, 0.1) is 5.69 Å². The highest BCUT2D eigenvalue weighted by Crippen LogP contribution is 2.16. The Labute approximate surface area is 99.7 Å². The maximum Gasteiger partial charge on any atom is 0.0631 e. The maximum absolute atomic E-state index is 5.46. The van der Waals surface area contributed by atoms with Gasteiger partial charge in [-0.25, -0.2) is 0 Å². The summed E-state index contributed by atoms with van der Waals surface area (Å²) < 4.78 is 0. The highest BCUT2D eigenvalue weighted by molar-refractivity contribution is 6.23. The average Bonchev–Trinajstić information content (AvgIpc) is 2.38. The molecule has 0 radical (unpaired) electrons. The summed E-state index contributed by atoms with van der Waals surface area (Å²) in [6, 6.07) is 17.6. The van der Waals surface area contributed by atoms with E-state index in [1.54, 1.807) is 0 Å². The Morgan fingerprint density at radius 1 is 0.938 bits per heavy atom. The lowest BCUT2D eigenvalue weighted by atomic mass is 10.2. The van der Waals surface area contributed by atoms with Crippen LogP contribution in [-0.2, 0) is 0 Å². The van der Waals surface area contributed by atoms with Crippen molar-refractivity contribution >= 4 is 29.4 Å². The molecule has 0 bridgehead atoms. The van der Waals surface area contributed by atoms with Gasteiger partial charge in [-0.3, -0.25) is 9.83 Å². The molecule has 0 aromatic heterocycles. The molecule has 2 rings (SSSR count). The number of nitrogens with one attached hydrogen (secondary N) is 1. The molecule has 0 saturated heterocycles. The third kappa shape index (κ3) is 2.84. The van der Waals surface area contributed by atoms with Crippen LogP contribution in [0.2, 0.25) is 0 Å². The third-order valence-electron chi connectivity index (χ3n) is 2.14. The van der Waals surface area contributed by atoms with Crippen LogP contribution in [0.4, 0.5) is 11.4 Å². The molecule has 3 heteroatoms. The predicted molar refractivity (Wildman–Crippen MR) is 69.6 cm³/mol. The van der Waals surface area contributed by atoms with E-state index < -0.39 is 0 Å². The van der Waals surface area contributed by atoms with E-state index in [4.69, 9.17) is 11.8 Å². The first-order valence-electron chi connectivity index (χ1n) is 4.94. The maximum atomic E-state index is 5.46. The molecule has 2 nitrogen and oxygen atoms in total. The smallest absolute Gasteiger partial charge is 0.0631 e. The highest BCUT2D eigenvalue weighted by atomic mass is 35.5. The summed E-state index contributed by atoms with van der Waals surface area (Å²) in [5, 5.41) is 0. The third-order valence-corrected chi connectivity index (χ3v) is 2.36. The van der Waals surface area contributed by atoms with Gasteiger partial charge in [0.15, 0.2) is 0 Å².